The van der Waals surface area contributed by atoms with Crippen molar-refractivity contribution in [1.82, 2.24) is 4.90 Å². The van der Waals surface area contributed by atoms with E-state index < -0.39 is 5.97 Å². The van der Waals surface area contributed by atoms with Crippen molar-refractivity contribution >= 4 is 29.2 Å². The number of para-hydroxylation sites is 1. The van der Waals surface area contributed by atoms with Gasteiger partial charge in [-0.3, -0.25) is 9.59 Å². The molecular formula is C21H22FN3O4. The van der Waals surface area contributed by atoms with Crippen molar-refractivity contribution in [2.45, 2.75) is 6.92 Å². The van der Waals surface area contributed by atoms with Crippen LogP contribution in [0.5, 0.6) is 0 Å². The molecule has 0 unspecified atom stereocenters. The highest BCUT2D eigenvalue weighted by atomic mass is 19.1. The molecule has 8 heteroatoms. The number of amides is 2. The second-order valence-electron chi connectivity index (χ2n) is 6.66. The van der Waals surface area contributed by atoms with Crippen LogP contribution in [0.1, 0.15) is 17.3 Å². The molecule has 0 aliphatic carbocycles. The molecule has 1 N–H and O–H groups in total. The van der Waals surface area contributed by atoms with Gasteiger partial charge in [0.2, 0.25) is 5.91 Å². The Labute approximate surface area is 168 Å². The molecule has 1 aliphatic rings. The zero-order chi connectivity index (χ0) is 20.8. The highest BCUT2D eigenvalue weighted by molar-refractivity contribution is 5.94. The highest BCUT2D eigenvalue weighted by Crippen LogP contribution is 2.20. The first-order valence-electron chi connectivity index (χ1n) is 9.26. The minimum atomic E-state index is -0.643. The molecule has 0 spiro atoms. The van der Waals surface area contributed by atoms with Gasteiger partial charge in [0.1, 0.15) is 5.82 Å². The molecule has 0 atom stereocenters. The van der Waals surface area contributed by atoms with E-state index in [1.807, 2.05) is 4.90 Å². The summed E-state index contributed by atoms with van der Waals surface area (Å²) in [5, 5.41) is 2.58. The number of hydrogen-bond donors (Lipinski definition) is 1. The highest BCUT2D eigenvalue weighted by Gasteiger charge is 2.23. The fraction of sp³-hybridized carbons (Fsp3) is 0.286. The van der Waals surface area contributed by atoms with E-state index in [1.165, 1.54) is 19.1 Å². The summed E-state index contributed by atoms with van der Waals surface area (Å²) >= 11 is 0. The van der Waals surface area contributed by atoms with Gasteiger partial charge in [-0.15, -0.1) is 0 Å². The van der Waals surface area contributed by atoms with Gasteiger partial charge in [-0.2, -0.15) is 0 Å². The number of ether oxygens (including phenoxy) is 1. The molecular weight excluding hydrogens is 377 g/mol. The molecule has 29 heavy (non-hydrogen) atoms. The van der Waals surface area contributed by atoms with Crippen molar-refractivity contribution in [2.75, 3.05) is 43.0 Å². The molecule has 152 valence electrons. The number of benzene rings is 2. The van der Waals surface area contributed by atoms with Crippen molar-refractivity contribution in [3.63, 3.8) is 0 Å². The Morgan fingerprint density at radius 3 is 2.45 bits per heavy atom. The molecule has 1 heterocycles. The molecule has 1 aliphatic heterocycles. The molecule has 0 radical (unpaired) electrons. The third kappa shape index (κ3) is 5.31. The molecule has 7 nitrogen and oxygen atoms in total. The summed E-state index contributed by atoms with van der Waals surface area (Å²) in [6, 6.07) is 12.8. The lowest BCUT2D eigenvalue weighted by Gasteiger charge is -2.36. The zero-order valence-electron chi connectivity index (χ0n) is 16.1. The van der Waals surface area contributed by atoms with E-state index in [0.29, 0.717) is 37.6 Å². The quantitative estimate of drug-likeness (QED) is 0.781. The van der Waals surface area contributed by atoms with E-state index in [4.69, 9.17) is 4.74 Å². The molecule has 0 aromatic heterocycles. The van der Waals surface area contributed by atoms with Crippen LogP contribution in [-0.4, -0.2) is 55.5 Å². The Hall–Kier alpha value is -3.42. The monoisotopic (exact) mass is 399 g/mol. The van der Waals surface area contributed by atoms with Gasteiger partial charge in [-0.1, -0.05) is 18.2 Å². The fourth-order valence-corrected chi connectivity index (χ4v) is 3.13. The third-order valence-corrected chi connectivity index (χ3v) is 4.57. The number of hydrogen-bond acceptors (Lipinski definition) is 5. The van der Waals surface area contributed by atoms with E-state index in [1.54, 1.807) is 41.3 Å². The lowest BCUT2D eigenvalue weighted by Crippen LogP contribution is -2.50. The van der Waals surface area contributed by atoms with Crippen LogP contribution < -0.4 is 10.2 Å². The minimum absolute atomic E-state index is 0.244. The molecule has 2 amide bonds. The molecule has 1 saturated heterocycles. The lowest BCUT2D eigenvalue weighted by atomic mass is 10.2. The predicted molar refractivity (Wildman–Crippen MR) is 106 cm³/mol. The van der Waals surface area contributed by atoms with Crippen LogP contribution >= 0.6 is 0 Å². The smallest absolute Gasteiger partial charge is 0.338 e. The van der Waals surface area contributed by atoms with E-state index in [-0.39, 0.29) is 29.8 Å². The van der Waals surface area contributed by atoms with Crippen LogP contribution in [0.15, 0.2) is 48.5 Å². The zero-order valence-corrected chi connectivity index (χ0v) is 16.1. The largest absolute Gasteiger partial charge is 0.452 e. The number of anilines is 2. The maximum atomic E-state index is 13.9. The van der Waals surface area contributed by atoms with Gasteiger partial charge < -0.3 is 19.9 Å². The van der Waals surface area contributed by atoms with E-state index in [0.717, 1.165) is 0 Å². The molecule has 2 aromatic carbocycles. The number of esters is 1. The molecule has 0 saturated carbocycles. The average Bonchev–Trinajstić information content (AvgIpc) is 2.72. The van der Waals surface area contributed by atoms with Gasteiger partial charge >= 0.3 is 5.97 Å². The van der Waals surface area contributed by atoms with Crippen LogP contribution in [0.3, 0.4) is 0 Å². The predicted octanol–water partition coefficient (Wildman–Crippen LogP) is 2.29. The third-order valence-electron chi connectivity index (χ3n) is 4.57. The van der Waals surface area contributed by atoms with Crippen molar-refractivity contribution in [3.05, 3.63) is 59.9 Å². The van der Waals surface area contributed by atoms with Gasteiger partial charge in [0.15, 0.2) is 6.61 Å². The summed E-state index contributed by atoms with van der Waals surface area (Å²) in [6.45, 7) is 2.84. The molecule has 2 aromatic rings. The maximum Gasteiger partial charge on any atom is 0.338 e. The molecule has 3 rings (SSSR count). The van der Waals surface area contributed by atoms with Crippen LogP contribution in [0, 0.1) is 5.82 Å². The SMILES string of the molecule is CC(=O)Nc1cccc(C(=O)OCC(=O)N2CCN(c3ccccc3F)CC2)c1. The second-order valence-corrected chi connectivity index (χ2v) is 6.66. The topological polar surface area (TPSA) is 78.9 Å². The fourth-order valence-electron chi connectivity index (χ4n) is 3.13. The molecule has 1 fully saturated rings. The van der Waals surface area contributed by atoms with Crippen molar-refractivity contribution in [1.29, 1.82) is 0 Å². The van der Waals surface area contributed by atoms with Gasteiger partial charge in [-0.05, 0) is 30.3 Å². The van der Waals surface area contributed by atoms with Crippen molar-refractivity contribution in [3.8, 4) is 0 Å². The van der Waals surface area contributed by atoms with Gasteiger partial charge in [0.25, 0.3) is 5.91 Å². The van der Waals surface area contributed by atoms with Gasteiger partial charge in [0, 0.05) is 38.8 Å². The number of rotatable bonds is 5. The minimum Gasteiger partial charge on any atom is -0.452 e. The summed E-state index contributed by atoms with van der Waals surface area (Å²) in [7, 11) is 0. The Morgan fingerprint density at radius 2 is 1.76 bits per heavy atom. The normalized spacial score (nSPS) is 13.7. The van der Waals surface area contributed by atoms with Crippen molar-refractivity contribution < 1.29 is 23.5 Å². The van der Waals surface area contributed by atoms with E-state index in [2.05, 4.69) is 5.32 Å². The first-order valence-corrected chi connectivity index (χ1v) is 9.26. The summed E-state index contributed by atoms with van der Waals surface area (Å²) in [4.78, 5) is 39.1. The number of carbonyl (C=O) groups is 3. The lowest BCUT2D eigenvalue weighted by molar-refractivity contribution is -0.134. The average molecular weight is 399 g/mol. The number of halogens is 1. The van der Waals surface area contributed by atoms with Gasteiger partial charge in [0.05, 0.1) is 11.3 Å². The molecule has 0 bridgehead atoms. The summed E-state index contributed by atoms with van der Waals surface area (Å²) in [5.74, 6) is -1.48. The second kappa shape index (κ2) is 9.18. The number of carbonyl (C=O) groups excluding carboxylic acids is 3. The van der Waals surface area contributed by atoms with Crippen LogP contribution in [0.25, 0.3) is 0 Å². The van der Waals surface area contributed by atoms with Crippen molar-refractivity contribution in [2.24, 2.45) is 0 Å². The Morgan fingerprint density at radius 1 is 1.03 bits per heavy atom. The first kappa shape index (κ1) is 20.3. The summed E-state index contributed by atoms with van der Waals surface area (Å²) in [6.07, 6.45) is 0. The first-order chi connectivity index (χ1) is 13.9. The summed E-state index contributed by atoms with van der Waals surface area (Å²) < 4.78 is 19.0. The Balaban J connectivity index is 1.49. The number of piperazine rings is 1. The maximum absolute atomic E-state index is 13.9. The van der Waals surface area contributed by atoms with Crippen LogP contribution in [-0.2, 0) is 14.3 Å². The Bertz CT molecular complexity index is 910. The number of nitrogens with zero attached hydrogens (tertiary/aromatic N) is 2. The van der Waals surface area contributed by atoms with Crippen LogP contribution in [0.4, 0.5) is 15.8 Å². The standard InChI is InChI=1S/C21H22FN3O4/c1-15(26)23-17-6-4-5-16(13-17)21(28)29-14-20(27)25-11-9-24(10-12-25)19-8-3-2-7-18(19)22/h2-8,13H,9-12,14H2,1H3,(H,23,26). The van der Waals surface area contributed by atoms with Crippen LogP contribution in [0.2, 0.25) is 0 Å². The van der Waals surface area contributed by atoms with E-state index in [9.17, 15) is 18.8 Å². The number of nitrogens with one attached hydrogen (secondary N) is 1. The van der Waals surface area contributed by atoms with E-state index >= 15 is 0 Å². The Kier molecular flexibility index (Phi) is 6.43. The summed E-state index contributed by atoms with van der Waals surface area (Å²) in [5.41, 5.74) is 1.24. The van der Waals surface area contributed by atoms with Gasteiger partial charge in [-0.25, -0.2) is 9.18 Å².